The van der Waals surface area contributed by atoms with Crippen molar-refractivity contribution in [2.24, 2.45) is 13.0 Å². The molecule has 5 heteroatoms. The Balaban J connectivity index is 2.04. The van der Waals surface area contributed by atoms with E-state index in [0.717, 1.165) is 29.4 Å². The van der Waals surface area contributed by atoms with Gasteiger partial charge in [0.2, 0.25) is 0 Å². The van der Waals surface area contributed by atoms with Crippen molar-refractivity contribution in [2.75, 3.05) is 12.3 Å². The minimum absolute atomic E-state index is 0.362. The molecule has 1 aromatic rings. The number of rotatable bonds is 7. The third kappa shape index (κ3) is 3.31. The monoisotopic (exact) mass is 278 g/mol. The van der Waals surface area contributed by atoms with E-state index in [1.54, 1.807) is 11.8 Å². The van der Waals surface area contributed by atoms with Crippen LogP contribution in [0.4, 0.5) is 0 Å². The summed E-state index contributed by atoms with van der Waals surface area (Å²) in [7, 11) is 1.96. The van der Waals surface area contributed by atoms with E-state index in [4.69, 9.17) is 0 Å². The van der Waals surface area contributed by atoms with Gasteiger partial charge in [0.15, 0.2) is 0 Å². The van der Waals surface area contributed by atoms with Crippen molar-refractivity contribution in [1.29, 1.82) is 5.26 Å². The summed E-state index contributed by atoms with van der Waals surface area (Å²) in [5.41, 5.74) is 0.666. The lowest BCUT2D eigenvalue weighted by atomic mass is 9.97. The first-order valence-corrected chi connectivity index (χ1v) is 7.89. The van der Waals surface area contributed by atoms with Gasteiger partial charge in [0.25, 0.3) is 0 Å². The van der Waals surface area contributed by atoms with Gasteiger partial charge in [0, 0.05) is 12.8 Å². The maximum Gasteiger partial charge on any atom is 0.119 e. The Morgan fingerprint density at radius 2 is 2.37 bits per heavy atom. The van der Waals surface area contributed by atoms with E-state index in [0.29, 0.717) is 5.92 Å². The van der Waals surface area contributed by atoms with Crippen LogP contribution in [0.2, 0.25) is 0 Å². The number of nitrogens with zero attached hydrogens (tertiary/aromatic N) is 3. The average Bonchev–Trinajstić information content (AvgIpc) is 3.18. The highest BCUT2D eigenvalue weighted by Gasteiger charge is 2.45. The highest BCUT2D eigenvalue weighted by Crippen LogP contribution is 2.42. The highest BCUT2D eigenvalue weighted by molar-refractivity contribution is 7.99. The van der Waals surface area contributed by atoms with Crippen molar-refractivity contribution in [3.63, 3.8) is 0 Å². The fourth-order valence-electron chi connectivity index (χ4n) is 2.31. The lowest BCUT2D eigenvalue weighted by molar-refractivity contribution is 0.405. The Morgan fingerprint density at radius 1 is 1.63 bits per heavy atom. The maximum absolute atomic E-state index is 9.62. The van der Waals surface area contributed by atoms with E-state index in [9.17, 15) is 5.26 Å². The van der Waals surface area contributed by atoms with Crippen molar-refractivity contribution in [1.82, 2.24) is 15.1 Å². The van der Waals surface area contributed by atoms with Crippen LogP contribution in [0.3, 0.4) is 0 Å². The molecule has 1 atom stereocenters. The molecule has 0 radical (unpaired) electrons. The van der Waals surface area contributed by atoms with Crippen LogP contribution < -0.4 is 5.32 Å². The number of nitriles is 1. The summed E-state index contributed by atoms with van der Waals surface area (Å²) in [5.74, 6) is 1.32. The first-order valence-electron chi connectivity index (χ1n) is 6.91. The van der Waals surface area contributed by atoms with E-state index in [1.807, 2.05) is 18.7 Å². The molecule has 0 aliphatic heterocycles. The Bertz CT molecular complexity index is 472. The number of thioether (sulfide) groups is 1. The van der Waals surface area contributed by atoms with E-state index in [2.05, 4.69) is 29.5 Å². The third-order valence-electron chi connectivity index (χ3n) is 3.57. The smallest absolute Gasteiger partial charge is 0.119 e. The molecule has 1 aliphatic carbocycles. The van der Waals surface area contributed by atoms with Gasteiger partial charge in [-0.2, -0.15) is 10.4 Å². The first kappa shape index (κ1) is 14.4. The quantitative estimate of drug-likeness (QED) is 0.779. The van der Waals surface area contributed by atoms with Crippen molar-refractivity contribution in [2.45, 2.75) is 43.7 Å². The van der Waals surface area contributed by atoms with Crippen LogP contribution in [0, 0.1) is 24.2 Å². The van der Waals surface area contributed by atoms with E-state index < -0.39 is 0 Å². The summed E-state index contributed by atoms with van der Waals surface area (Å²) in [5, 5.41) is 18.6. The van der Waals surface area contributed by atoms with Gasteiger partial charge in [0.05, 0.1) is 16.8 Å². The predicted octanol–water partition coefficient (Wildman–Crippen LogP) is 2.49. The molecule has 1 N–H and O–H groups in total. The summed E-state index contributed by atoms with van der Waals surface area (Å²) in [6.45, 7) is 5.05. The largest absolute Gasteiger partial charge is 0.298 e. The van der Waals surface area contributed by atoms with Gasteiger partial charge in [-0.1, -0.05) is 6.92 Å². The molecule has 1 saturated carbocycles. The van der Waals surface area contributed by atoms with Gasteiger partial charge in [-0.15, -0.1) is 11.8 Å². The third-order valence-corrected chi connectivity index (χ3v) is 4.85. The zero-order valence-corrected chi connectivity index (χ0v) is 12.8. The summed E-state index contributed by atoms with van der Waals surface area (Å²) in [4.78, 5) is 0. The predicted molar refractivity (Wildman–Crippen MR) is 78.0 cm³/mol. The topological polar surface area (TPSA) is 53.6 Å². The summed E-state index contributed by atoms with van der Waals surface area (Å²) < 4.78 is 1.90. The molecule has 0 aromatic carbocycles. The SMILES string of the molecule is CCCNC(C#N)(CSc1cc(C)nn1C)C1CC1. The van der Waals surface area contributed by atoms with Crippen molar-refractivity contribution in [3.05, 3.63) is 11.8 Å². The van der Waals surface area contributed by atoms with E-state index in [1.165, 1.54) is 12.8 Å². The van der Waals surface area contributed by atoms with Gasteiger partial charge < -0.3 is 0 Å². The van der Waals surface area contributed by atoms with Crippen molar-refractivity contribution >= 4 is 11.8 Å². The summed E-state index contributed by atoms with van der Waals surface area (Å²) >= 11 is 1.73. The van der Waals surface area contributed by atoms with Gasteiger partial charge in [-0.05, 0) is 44.7 Å². The molecule has 1 aliphatic rings. The Kier molecular flexibility index (Phi) is 4.54. The molecule has 1 aromatic heterocycles. The van der Waals surface area contributed by atoms with Crippen LogP contribution in [0.25, 0.3) is 0 Å². The molecule has 0 saturated heterocycles. The number of aromatic nitrogens is 2. The maximum atomic E-state index is 9.62. The normalized spacial score (nSPS) is 18.0. The second-order valence-electron chi connectivity index (χ2n) is 5.32. The Morgan fingerprint density at radius 3 is 2.84 bits per heavy atom. The van der Waals surface area contributed by atoms with Gasteiger partial charge in [-0.25, -0.2) is 0 Å². The van der Waals surface area contributed by atoms with Crippen molar-refractivity contribution in [3.8, 4) is 6.07 Å². The van der Waals surface area contributed by atoms with E-state index >= 15 is 0 Å². The molecule has 0 spiro atoms. The first-order chi connectivity index (χ1) is 9.11. The Hall–Kier alpha value is -0.990. The fourth-order valence-corrected chi connectivity index (χ4v) is 3.57. The van der Waals surface area contributed by atoms with Gasteiger partial charge >= 0.3 is 0 Å². The molecule has 19 heavy (non-hydrogen) atoms. The summed E-state index contributed by atoms with van der Waals surface area (Å²) in [6, 6.07) is 4.63. The van der Waals surface area contributed by atoms with Gasteiger partial charge in [-0.3, -0.25) is 10.00 Å². The van der Waals surface area contributed by atoms with Crippen LogP contribution >= 0.6 is 11.8 Å². The van der Waals surface area contributed by atoms with Crippen LogP contribution in [-0.4, -0.2) is 27.6 Å². The minimum atomic E-state index is -0.362. The molecule has 1 unspecified atom stereocenters. The van der Waals surface area contributed by atoms with Crippen LogP contribution in [-0.2, 0) is 7.05 Å². The molecular formula is C14H22N4S. The molecule has 104 valence electrons. The molecular weight excluding hydrogens is 256 g/mol. The number of hydrogen-bond donors (Lipinski definition) is 1. The second kappa shape index (κ2) is 5.98. The molecule has 1 heterocycles. The van der Waals surface area contributed by atoms with Crippen LogP contribution in [0.1, 0.15) is 31.9 Å². The molecule has 0 bridgehead atoms. The number of hydrogen-bond acceptors (Lipinski definition) is 4. The average molecular weight is 278 g/mol. The van der Waals surface area contributed by atoms with Crippen molar-refractivity contribution < 1.29 is 0 Å². The van der Waals surface area contributed by atoms with Gasteiger partial charge in [0.1, 0.15) is 5.54 Å². The minimum Gasteiger partial charge on any atom is -0.298 e. The Labute approximate surface area is 119 Å². The molecule has 4 nitrogen and oxygen atoms in total. The number of aryl methyl sites for hydroxylation is 2. The lowest BCUT2D eigenvalue weighted by Gasteiger charge is -2.27. The zero-order chi connectivity index (χ0) is 13.9. The lowest BCUT2D eigenvalue weighted by Crippen LogP contribution is -2.48. The molecule has 1 fully saturated rings. The van der Waals surface area contributed by atoms with Crippen LogP contribution in [0.5, 0.6) is 0 Å². The van der Waals surface area contributed by atoms with Crippen LogP contribution in [0.15, 0.2) is 11.1 Å². The van der Waals surface area contributed by atoms with E-state index in [-0.39, 0.29) is 5.54 Å². The molecule has 0 amide bonds. The second-order valence-corrected chi connectivity index (χ2v) is 6.32. The standard InChI is InChI=1S/C14H22N4S/c1-4-7-16-14(9-15,12-5-6-12)10-19-13-8-11(2)17-18(13)3/h8,12,16H,4-7,10H2,1-3H3. The number of nitrogens with one attached hydrogen (secondary N) is 1. The molecule has 2 rings (SSSR count). The zero-order valence-electron chi connectivity index (χ0n) is 11.9. The highest BCUT2D eigenvalue weighted by atomic mass is 32.2. The fraction of sp³-hybridized carbons (Fsp3) is 0.714. The summed E-state index contributed by atoms with van der Waals surface area (Å²) in [6.07, 6.45) is 3.41.